The number of hydrogen-bond donors (Lipinski definition) is 3. The number of nitrogens with one attached hydrogen (secondary N) is 1. The van der Waals surface area contributed by atoms with Crippen molar-refractivity contribution in [3.05, 3.63) is 5.69 Å². The van der Waals surface area contributed by atoms with Crippen molar-refractivity contribution in [1.82, 2.24) is 15.6 Å². The van der Waals surface area contributed by atoms with Gasteiger partial charge in [-0.3, -0.25) is 4.79 Å². The molecule has 0 bridgehead atoms. The molecular formula is C9H14N4O3. The number of aromatic nitrogens is 2. The molecule has 16 heavy (non-hydrogen) atoms. The lowest BCUT2D eigenvalue weighted by atomic mass is 9.92. The van der Waals surface area contributed by atoms with E-state index in [-0.39, 0.29) is 17.6 Å². The van der Waals surface area contributed by atoms with Crippen LogP contribution in [0.4, 0.5) is 5.82 Å². The van der Waals surface area contributed by atoms with Crippen LogP contribution >= 0.6 is 0 Å². The van der Waals surface area contributed by atoms with Crippen molar-refractivity contribution in [1.29, 1.82) is 0 Å². The van der Waals surface area contributed by atoms with Gasteiger partial charge in [0.15, 0.2) is 0 Å². The van der Waals surface area contributed by atoms with E-state index in [2.05, 4.69) is 20.3 Å². The van der Waals surface area contributed by atoms with Gasteiger partial charge in [-0.2, -0.15) is 0 Å². The summed E-state index contributed by atoms with van der Waals surface area (Å²) in [6.45, 7) is 0. The number of nitrogens with zero attached hydrogens (tertiary/aromatic N) is 2. The van der Waals surface area contributed by atoms with E-state index in [4.69, 9.17) is 5.73 Å². The molecule has 88 valence electrons. The normalized spacial score (nSPS) is 25.3. The maximum absolute atomic E-state index is 11.7. The number of amides is 1. The summed E-state index contributed by atoms with van der Waals surface area (Å²) in [6, 6.07) is -0.239. The highest BCUT2D eigenvalue weighted by molar-refractivity contribution is 5.96. The SMILES string of the molecule is Nc1nonc1C(=O)N[C@@H]1CCCC[C@H]1O. The quantitative estimate of drug-likeness (QED) is 0.637. The molecule has 1 amide bonds. The maximum Gasteiger partial charge on any atom is 0.277 e. The second-order valence-electron chi connectivity index (χ2n) is 3.93. The van der Waals surface area contributed by atoms with E-state index in [1.165, 1.54) is 0 Å². The van der Waals surface area contributed by atoms with Crippen molar-refractivity contribution in [2.45, 2.75) is 37.8 Å². The highest BCUT2D eigenvalue weighted by atomic mass is 16.6. The zero-order valence-electron chi connectivity index (χ0n) is 8.72. The van der Waals surface area contributed by atoms with Crippen LogP contribution in [0.3, 0.4) is 0 Å². The summed E-state index contributed by atoms with van der Waals surface area (Å²) in [5, 5.41) is 19.1. The third-order valence-electron chi connectivity index (χ3n) is 2.77. The maximum atomic E-state index is 11.7. The topological polar surface area (TPSA) is 114 Å². The Morgan fingerprint density at radius 1 is 1.44 bits per heavy atom. The molecule has 0 unspecified atom stereocenters. The number of anilines is 1. The van der Waals surface area contributed by atoms with Crippen molar-refractivity contribution < 1.29 is 14.5 Å². The zero-order chi connectivity index (χ0) is 11.5. The van der Waals surface area contributed by atoms with Crippen molar-refractivity contribution in [2.75, 3.05) is 5.73 Å². The molecule has 0 aliphatic heterocycles. The Balaban J connectivity index is 1.99. The first-order chi connectivity index (χ1) is 7.68. The van der Waals surface area contributed by atoms with E-state index in [9.17, 15) is 9.90 Å². The molecule has 0 aromatic carbocycles. The average molecular weight is 226 g/mol. The minimum absolute atomic E-state index is 0.0298. The van der Waals surface area contributed by atoms with Crippen LogP contribution in [0.5, 0.6) is 0 Å². The van der Waals surface area contributed by atoms with Crippen molar-refractivity contribution in [3.63, 3.8) is 0 Å². The molecule has 7 nitrogen and oxygen atoms in total. The lowest BCUT2D eigenvalue weighted by molar-refractivity contribution is 0.0711. The van der Waals surface area contributed by atoms with Crippen molar-refractivity contribution in [3.8, 4) is 0 Å². The van der Waals surface area contributed by atoms with E-state index >= 15 is 0 Å². The number of nitrogen functional groups attached to an aromatic ring is 1. The second kappa shape index (κ2) is 4.48. The fourth-order valence-electron chi connectivity index (χ4n) is 1.87. The van der Waals surface area contributed by atoms with E-state index in [0.717, 1.165) is 19.3 Å². The molecule has 0 spiro atoms. The number of hydrogen-bond acceptors (Lipinski definition) is 6. The minimum Gasteiger partial charge on any atom is -0.391 e. The Hall–Kier alpha value is -1.63. The van der Waals surface area contributed by atoms with Gasteiger partial charge >= 0.3 is 0 Å². The molecule has 7 heteroatoms. The first-order valence-electron chi connectivity index (χ1n) is 5.25. The van der Waals surface area contributed by atoms with E-state index < -0.39 is 12.0 Å². The molecule has 1 aromatic rings. The van der Waals surface area contributed by atoms with Crippen molar-refractivity contribution in [2.24, 2.45) is 0 Å². The summed E-state index contributed by atoms with van der Waals surface area (Å²) in [5.41, 5.74) is 5.36. The van der Waals surface area contributed by atoms with Crippen LogP contribution in [-0.2, 0) is 0 Å². The van der Waals surface area contributed by atoms with Crippen LogP contribution in [0.2, 0.25) is 0 Å². The number of carbonyl (C=O) groups is 1. The molecule has 2 atom stereocenters. The van der Waals surface area contributed by atoms with Gasteiger partial charge in [-0.1, -0.05) is 12.8 Å². The van der Waals surface area contributed by atoms with Crippen LogP contribution in [0.1, 0.15) is 36.2 Å². The Morgan fingerprint density at radius 2 is 2.19 bits per heavy atom. The summed E-state index contributed by atoms with van der Waals surface area (Å²) in [7, 11) is 0. The van der Waals surface area contributed by atoms with Gasteiger partial charge in [-0.15, -0.1) is 0 Å². The third kappa shape index (κ3) is 2.13. The lowest BCUT2D eigenvalue weighted by Crippen LogP contribution is -2.45. The summed E-state index contributed by atoms with van der Waals surface area (Å²) in [6.07, 6.45) is 2.95. The molecule has 1 aromatic heterocycles. The highest BCUT2D eigenvalue weighted by Crippen LogP contribution is 2.18. The Kier molecular flexibility index (Phi) is 3.04. The van der Waals surface area contributed by atoms with Crippen LogP contribution in [0.15, 0.2) is 4.63 Å². The minimum atomic E-state index is -0.501. The van der Waals surface area contributed by atoms with E-state index in [1.54, 1.807) is 0 Å². The molecule has 1 aliphatic carbocycles. The first kappa shape index (κ1) is 10.9. The largest absolute Gasteiger partial charge is 0.391 e. The Bertz CT molecular complexity index is 379. The summed E-state index contributed by atoms with van der Waals surface area (Å²) < 4.78 is 4.33. The summed E-state index contributed by atoms with van der Waals surface area (Å²) >= 11 is 0. The smallest absolute Gasteiger partial charge is 0.277 e. The third-order valence-corrected chi connectivity index (χ3v) is 2.77. The first-order valence-corrected chi connectivity index (χ1v) is 5.25. The number of rotatable bonds is 2. The summed E-state index contributed by atoms with van der Waals surface area (Å²) in [4.78, 5) is 11.7. The molecule has 0 radical (unpaired) electrons. The van der Waals surface area contributed by atoms with Gasteiger partial charge < -0.3 is 16.2 Å². The number of aliphatic hydroxyl groups excluding tert-OH is 1. The van der Waals surface area contributed by atoms with Gasteiger partial charge in [-0.05, 0) is 23.2 Å². The highest BCUT2D eigenvalue weighted by Gasteiger charge is 2.26. The molecule has 0 saturated heterocycles. The fraction of sp³-hybridized carbons (Fsp3) is 0.667. The van der Waals surface area contributed by atoms with E-state index in [0.29, 0.717) is 6.42 Å². The molecule has 4 N–H and O–H groups in total. The number of carbonyl (C=O) groups excluding carboxylic acids is 1. The van der Waals surface area contributed by atoms with Gasteiger partial charge in [0.2, 0.25) is 11.5 Å². The predicted octanol–water partition coefficient (Wildman–Crippen LogP) is -0.315. The predicted molar refractivity (Wildman–Crippen MR) is 54.4 cm³/mol. The lowest BCUT2D eigenvalue weighted by Gasteiger charge is -2.27. The van der Waals surface area contributed by atoms with E-state index in [1.807, 2.05) is 0 Å². The molecule has 1 heterocycles. The van der Waals surface area contributed by atoms with Crippen LogP contribution in [-0.4, -0.2) is 33.5 Å². The van der Waals surface area contributed by atoms with Crippen LogP contribution in [0.25, 0.3) is 0 Å². The fourth-order valence-corrected chi connectivity index (χ4v) is 1.87. The molecule has 1 saturated carbocycles. The zero-order valence-corrected chi connectivity index (χ0v) is 8.72. The Labute approximate surface area is 92.0 Å². The molecule has 2 rings (SSSR count). The molecule has 1 aliphatic rings. The van der Waals surface area contributed by atoms with Gasteiger partial charge in [0, 0.05) is 0 Å². The van der Waals surface area contributed by atoms with Gasteiger partial charge in [0.25, 0.3) is 5.91 Å². The monoisotopic (exact) mass is 226 g/mol. The van der Waals surface area contributed by atoms with Crippen molar-refractivity contribution >= 4 is 11.7 Å². The van der Waals surface area contributed by atoms with Crippen LogP contribution in [0, 0.1) is 0 Å². The standard InChI is InChI=1S/C9H14N4O3/c10-8-7(12-16-13-8)9(15)11-5-3-1-2-4-6(5)14/h5-6,14H,1-4H2,(H2,10,13)(H,11,15)/t5-,6-/m1/s1. The van der Waals surface area contributed by atoms with Gasteiger partial charge in [-0.25, -0.2) is 4.63 Å². The summed E-state index contributed by atoms with van der Waals surface area (Å²) in [5.74, 6) is -0.493. The molecular weight excluding hydrogens is 212 g/mol. The second-order valence-corrected chi connectivity index (χ2v) is 3.93. The van der Waals surface area contributed by atoms with Gasteiger partial charge in [0.1, 0.15) is 0 Å². The van der Waals surface area contributed by atoms with Crippen LogP contribution < -0.4 is 11.1 Å². The number of nitrogens with two attached hydrogens (primary N) is 1. The number of aliphatic hydroxyl groups is 1. The molecule has 1 fully saturated rings. The average Bonchev–Trinajstić information content (AvgIpc) is 2.68. The van der Waals surface area contributed by atoms with Gasteiger partial charge in [0.05, 0.1) is 12.1 Å². The Morgan fingerprint density at radius 3 is 2.81 bits per heavy atom.